The van der Waals surface area contributed by atoms with Crippen molar-refractivity contribution in [2.45, 2.75) is 11.8 Å². The third kappa shape index (κ3) is 3.30. The number of ether oxygens (including phenoxy) is 1. The first-order valence-electron chi connectivity index (χ1n) is 5.01. The van der Waals surface area contributed by atoms with E-state index in [1.807, 2.05) is 0 Å². The molecule has 0 amide bonds. The van der Waals surface area contributed by atoms with Gasteiger partial charge in [-0.2, -0.15) is 0 Å². The van der Waals surface area contributed by atoms with Crippen LogP contribution < -0.4 is 0 Å². The van der Waals surface area contributed by atoms with Gasteiger partial charge in [0.1, 0.15) is 0 Å². The Kier molecular flexibility index (Phi) is 5.65. The monoisotopic (exact) mass is 318 g/mol. The summed E-state index contributed by atoms with van der Waals surface area (Å²) in [5, 5.41) is 0.486. The molecule has 0 saturated carbocycles. The molecule has 3 nitrogen and oxygen atoms in total. The molecule has 0 aliphatic carbocycles. The number of rotatable bonds is 5. The van der Waals surface area contributed by atoms with Gasteiger partial charge in [0.2, 0.25) is 0 Å². The number of carbonyl (C=O) groups excluding carboxylic acids is 2. The Hall–Kier alpha value is -0.870. The number of esters is 1. The van der Waals surface area contributed by atoms with Crippen LogP contribution in [0.4, 0.5) is 0 Å². The summed E-state index contributed by atoms with van der Waals surface area (Å²) in [6.07, 6.45) is 0.206. The van der Waals surface area contributed by atoms with Crippen molar-refractivity contribution in [2.75, 3.05) is 13.0 Å². The first kappa shape index (κ1) is 14.2. The molecule has 0 aromatic heterocycles. The molecule has 92 valence electrons. The van der Waals surface area contributed by atoms with E-state index in [1.165, 1.54) is 7.11 Å². The molecule has 0 heterocycles. The largest absolute Gasteiger partial charge is 0.465 e. The Morgan fingerprint density at radius 3 is 2.65 bits per heavy atom. The van der Waals surface area contributed by atoms with E-state index in [0.29, 0.717) is 16.5 Å². The quantitative estimate of drug-likeness (QED) is 0.475. The van der Waals surface area contributed by atoms with E-state index in [4.69, 9.17) is 16.3 Å². The summed E-state index contributed by atoms with van der Waals surface area (Å²) in [6, 6.07) is 5.14. The van der Waals surface area contributed by atoms with Crippen LogP contribution in [-0.4, -0.2) is 24.7 Å². The number of benzene rings is 1. The van der Waals surface area contributed by atoms with E-state index in [2.05, 4.69) is 15.9 Å². The highest BCUT2D eigenvalue weighted by Gasteiger charge is 2.20. The standard InChI is InChI=1S/C12H12BrClO3/c1-17-12(16)11-8(7-13)3-2-4-9(11)10(15)5-6-14/h2-4H,5-7H2,1H3. The number of halogens is 2. The third-order valence-corrected chi connectivity index (χ3v) is 3.10. The van der Waals surface area contributed by atoms with E-state index >= 15 is 0 Å². The van der Waals surface area contributed by atoms with Gasteiger partial charge in [-0.1, -0.05) is 34.1 Å². The lowest BCUT2D eigenvalue weighted by Crippen LogP contribution is -2.13. The molecule has 17 heavy (non-hydrogen) atoms. The Morgan fingerprint density at radius 1 is 1.41 bits per heavy atom. The van der Waals surface area contributed by atoms with Crippen LogP contribution in [0.15, 0.2) is 18.2 Å². The molecule has 0 radical (unpaired) electrons. The second-order valence-electron chi connectivity index (χ2n) is 3.33. The predicted molar refractivity (Wildman–Crippen MR) is 70.1 cm³/mol. The maximum atomic E-state index is 11.8. The summed E-state index contributed by atoms with van der Waals surface area (Å²) in [5.74, 6) is -0.418. The second-order valence-corrected chi connectivity index (χ2v) is 4.27. The highest BCUT2D eigenvalue weighted by atomic mass is 79.9. The van der Waals surface area contributed by atoms with Gasteiger partial charge < -0.3 is 4.74 Å². The molecule has 1 aromatic rings. The van der Waals surface area contributed by atoms with Crippen molar-refractivity contribution in [2.24, 2.45) is 0 Å². The topological polar surface area (TPSA) is 43.4 Å². The molecule has 0 bridgehead atoms. The van der Waals surface area contributed by atoms with Gasteiger partial charge in [0.15, 0.2) is 5.78 Å². The van der Waals surface area contributed by atoms with Crippen molar-refractivity contribution in [3.8, 4) is 0 Å². The summed E-state index contributed by atoms with van der Waals surface area (Å²) in [7, 11) is 1.29. The molecule has 1 aromatic carbocycles. The lowest BCUT2D eigenvalue weighted by molar-refractivity contribution is 0.0596. The number of Topliss-reactive ketones (excluding diaryl/α,β-unsaturated/α-hetero) is 1. The molecule has 0 spiro atoms. The highest BCUT2D eigenvalue weighted by Crippen LogP contribution is 2.20. The molecule has 1 rings (SSSR count). The van der Waals surface area contributed by atoms with Crippen LogP contribution in [-0.2, 0) is 10.1 Å². The fourth-order valence-electron chi connectivity index (χ4n) is 1.51. The molecule has 0 saturated heterocycles. The van der Waals surface area contributed by atoms with E-state index in [1.54, 1.807) is 18.2 Å². The highest BCUT2D eigenvalue weighted by molar-refractivity contribution is 9.08. The number of hydrogen-bond donors (Lipinski definition) is 0. The van der Waals surface area contributed by atoms with Gasteiger partial charge in [-0.25, -0.2) is 4.79 Å². The van der Waals surface area contributed by atoms with Gasteiger partial charge in [0, 0.05) is 23.2 Å². The molecular weight excluding hydrogens is 307 g/mol. The van der Waals surface area contributed by atoms with Crippen molar-refractivity contribution in [3.05, 3.63) is 34.9 Å². The minimum absolute atomic E-state index is 0.150. The minimum Gasteiger partial charge on any atom is -0.465 e. The summed E-state index contributed by atoms with van der Waals surface area (Å²) < 4.78 is 4.70. The third-order valence-electron chi connectivity index (χ3n) is 2.31. The van der Waals surface area contributed by atoms with Crippen LogP contribution in [0.25, 0.3) is 0 Å². The molecule has 0 aliphatic rings. The van der Waals surface area contributed by atoms with Gasteiger partial charge in [0.25, 0.3) is 0 Å². The molecule has 0 unspecified atom stereocenters. The van der Waals surface area contributed by atoms with Crippen molar-refractivity contribution in [1.82, 2.24) is 0 Å². The Bertz CT molecular complexity index is 432. The molecule has 0 N–H and O–H groups in total. The number of hydrogen-bond acceptors (Lipinski definition) is 3. The van der Waals surface area contributed by atoms with E-state index in [9.17, 15) is 9.59 Å². The smallest absolute Gasteiger partial charge is 0.338 e. The lowest BCUT2D eigenvalue weighted by Gasteiger charge is -2.10. The van der Waals surface area contributed by atoms with Crippen molar-refractivity contribution >= 4 is 39.3 Å². The van der Waals surface area contributed by atoms with Crippen LogP contribution in [0.2, 0.25) is 0 Å². The Morgan fingerprint density at radius 2 is 2.12 bits per heavy atom. The van der Waals surface area contributed by atoms with Crippen molar-refractivity contribution in [1.29, 1.82) is 0 Å². The first-order valence-corrected chi connectivity index (χ1v) is 6.66. The van der Waals surface area contributed by atoms with Gasteiger partial charge in [-0.05, 0) is 5.56 Å². The van der Waals surface area contributed by atoms with E-state index < -0.39 is 5.97 Å². The molecule has 5 heteroatoms. The summed E-state index contributed by atoms with van der Waals surface area (Å²) in [4.78, 5) is 23.5. The zero-order chi connectivity index (χ0) is 12.8. The molecule has 0 fully saturated rings. The SMILES string of the molecule is COC(=O)c1c(CBr)cccc1C(=O)CCCl. The summed E-state index contributed by atoms with van der Waals surface area (Å²) in [5.41, 5.74) is 1.42. The number of ketones is 1. The van der Waals surface area contributed by atoms with Crippen LogP contribution in [0, 0.1) is 0 Å². The molecule has 0 aliphatic heterocycles. The molecule has 0 atom stereocenters. The zero-order valence-corrected chi connectivity index (χ0v) is 11.7. The van der Waals surface area contributed by atoms with Crippen LogP contribution in [0.5, 0.6) is 0 Å². The predicted octanol–water partition coefficient (Wildman–Crippen LogP) is 3.18. The average Bonchev–Trinajstić information content (AvgIpc) is 2.37. The normalized spacial score (nSPS) is 10.1. The average molecular weight is 320 g/mol. The Balaban J connectivity index is 3.28. The van der Waals surface area contributed by atoms with E-state index in [-0.39, 0.29) is 18.1 Å². The minimum atomic E-state index is -0.502. The maximum absolute atomic E-state index is 11.8. The van der Waals surface area contributed by atoms with Gasteiger partial charge >= 0.3 is 5.97 Å². The molecular formula is C12H12BrClO3. The van der Waals surface area contributed by atoms with Gasteiger partial charge in [-0.3, -0.25) is 4.79 Å². The lowest BCUT2D eigenvalue weighted by atomic mass is 9.98. The van der Waals surface area contributed by atoms with Gasteiger partial charge in [-0.15, -0.1) is 11.6 Å². The first-order chi connectivity index (χ1) is 8.15. The summed E-state index contributed by atoms with van der Waals surface area (Å²) in [6.45, 7) is 0. The Labute approximate surface area is 113 Å². The van der Waals surface area contributed by atoms with Crippen molar-refractivity contribution < 1.29 is 14.3 Å². The van der Waals surface area contributed by atoms with Gasteiger partial charge in [0.05, 0.1) is 12.7 Å². The number of methoxy groups -OCH3 is 1. The van der Waals surface area contributed by atoms with E-state index in [0.717, 1.165) is 5.56 Å². The van der Waals surface area contributed by atoms with Crippen molar-refractivity contribution in [3.63, 3.8) is 0 Å². The van der Waals surface area contributed by atoms with Crippen LogP contribution >= 0.6 is 27.5 Å². The maximum Gasteiger partial charge on any atom is 0.338 e. The fourth-order valence-corrected chi connectivity index (χ4v) is 2.15. The number of carbonyl (C=O) groups is 2. The zero-order valence-electron chi connectivity index (χ0n) is 9.33. The number of alkyl halides is 2. The fraction of sp³-hybridized carbons (Fsp3) is 0.333. The van der Waals surface area contributed by atoms with Crippen LogP contribution in [0.1, 0.15) is 32.7 Å². The second kappa shape index (κ2) is 6.77. The van der Waals surface area contributed by atoms with Crippen LogP contribution in [0.3, 0.4) is 0 Å². The summed E-state index contributed by atoms with van der Waals surface area (Å²) >= 11 is 8.82.